The van der Waals surface area contributed by atoms with Gasteiger partial charge in [-0.15, -0.1) is 0 Å². The van der Waals surface area contributed by atoms with Crippen LogP contribution in [0.15, 0.2) is 15.0 Å². The van der Waals surface area contributed by atoms with E-state index in [1.54, 1.807) is 0 Å². The second kappa shape index (κ2) is 3.06. The summed E-state index contributed by atoms with van der Waals surface area (Å²) >= 11 is 5.46. The maximum atomic E-state index is 12.8. The molecule has 0 amide bonds. The summed E-state index contributed by atoms with van der Waals surface area (Å²) in [5.74, 6) is -2.31. The van der Waals surface area contributed by atoms with E-state index in [1.807, 2.05) is 0 Å². The first kappa shape index (κ1) is 8.93. The largest absolute Gasteiger partial charge is 0.504 e. The Hall–Kier alpha value is -0.160. The van der Waals surface area contributed by atoms with E-state index in [0.717, 1.165) is 6.07 Å². The Morgan fingerprint density at radius 3 is 2.36 bits per heavy atom. The molecule has 0 spiro atoms. The molecule has 5 heteroatoms. The molecule has 0 aliphatic heterocycles. The van der Waals surface area contributed by atoms with E-state index in [1.165, 1.54) is 0 Å². The topological polar surface area (TPSA) is 20.2 Å². The Balaban J connectivity index is 3.46. The molecule has 0 aliphatic rings. The lowest BCUT2D eigenvalue weighted by Gasteiger charge is -2.01. The summed E-state index contributed by atoms with van der Waals surface area (Å²) in [5.41, 5.74) is 0. The van der Waals surface area contributed by atoms with Gasteiger partial charge in [-0.2, -0.15) is 0 Å². The van der Waals surface area contributed by atoms with Gasteiger partial charge in [0.15, 0.2) is 17.4 Å². The molecule has 11 heavy (non-hydrogen) atoms. The van der Waals surface area contributed by atoms with Crippen molar-refractivity contribution in [3.8, 4) is 5.75 Å². The predicted octanol–water partition coefficient (Wildman–Crippen LogP) is 3.20. The number of hydrogen-bond donors (Lipinski definition) is 1. The van der Waals surface area contributed by atoms with Crippen molar-refractivity contribution >= 4 is 31.9 Å². The molecule has 0 fully saturated rings. The average molecular weight is 288 g/mol. The predicted molar refractivity (Wildman–Crippen MR) is 43.4 cm³/mol. The summed E-state index contributed by atoms with van der Waals surface area (Å²) in [5, 5.41) is 8.83. The van der Waals surface area contributed by atoms with Gasteiger partial charge in [0.05, 0.1) is 8.95 Å². The van der Waals surface area contributed by atoms with E-state index in [9.17, 15) is 8.78 Å². The molecule has 1 N–H and O–H groups in total. The molecule has 0 bridgehead atoms. The van der Waals surface area contributed by atoms with E-state index in [-0.39, 0.29) is 8.95 Å². The minimum Gasteiger partial charge on any atom is -0.504 e. The van der Waals surface area contributed by atoms with Crippen LogP contribution in [0, 0.1) is 11.6 Å². The number of halogens is 4. The van der Waals surface area contributed by atoms with Gasteiger partial charge in [0.25, 0.3) is 0 Å². The number of benzene rings is 1. The number of phenols is 1. The second-order valence-corrected chi connectivity index (χ2v) is 3.46. The zero-order chi connectivity index (χ0) is 8.59. The van der Waals surface area contributed by atoms with Crippen molar-refractivity contribution in [3.05, 3.63) is 26.6 Å². The Labute approximate surface area is 78.3 Å². The van der Waals surface area contributed by atoms with E-state index in [2.05, 4.69) is 31.9 Å². The summed E-state index contributed by atoms with van der Waals surface area (Å²) in [6.45, 7) is 0. The fourth-order valence-corrected chi connectivity index (χ4v) is 1.62. The van der Waals surface area contributed by atoms with Crippen molar-refractivity contribution in [2.24, 2.45) is 0 Å². The number of aromatic hydroxyl groups is 1. The molecule has 1 aromatic rings. The van der Waals surface area contributed by atoms with Crippen LogP contribution in [0.4, 0.5) is 8.78 Å². The first-order valence-corrected chi connectivity index (χ1v) is 4.14. The second-order valence-electron chi connectivity index (χ2n) is 1.82. The summed E-state index contributed by atoms with van der Waals surface area (Å²) in [6.07, 6.45) is 0. The van der Waals surface area contributed by atoms with Gasteiger partial charge >= 0.3 is 0 Å². The van der Waals surface area contributed by atoms with Crippen molar-refractivity contribution in [2.45, 2.75) is 0 Å². The fourth-order valence-electron chi connectivity index (χ4n) is 0.557. The minimum absolute atomic E-state index is 0.0281. The van der Waals surface area contributed by atoms with Crippen molar-refractivity contribution < 1.29 is 13.9 Å². The molecule has 1 aromatic carbocycles. The zero-order valence-electron chi connectivity index (χ0n) is 5.04. The van der Waals surface area contributed by atoms with E-state index < -0.39 is 17.4 Å². The Morgan fingerprint density at radius 2 is 1.82 bits per heavy atom. The highest BCUT2D eigenvalue weighted by Gasteiger charge is 2.13. The normalized spacial score (nSPS) is 10.2. The SMILES string of the molecule is Oc1c(F)cc(Br)c(F)c1Br. The lowest BCUT2D eigenvalue weighted by Crippen LogP contribution is -1.85. The van der Waals surface area contributed by atoms with Crippen molar-refractivity contribution in [1.82, 2.24) is 0 Å². The van der Waals surface area contributed by atoms with Gasteiger partial charge in [-0.1, -0.05) is 0 Å². The standard InChI is InChI=1S/C6H2Br2F2O/c7-2-1-3(9)6(11)4(8)5(2)10/h1,11H. The van der Waals surface area contributed by atoms with Gasteiger partial charge in [-0.3, -0.25) is 0 Å². The summed E-state index contributed by atoms with van der Waals surface area (Å²) in [4.78, 5) is 0. The van der Waals surface area contributed by atoms with E-state index in [0.29, 0.717) is 0 Å². The molecule has 1 nitrogen and oxygen atoms in total. The van der Waals surface area contributed by atoms with Crippen LogP contribution in [0.25, 0.3) is 0 Å². The Morgan fingerprint density at radius 1 is 1.27 bits per heavy atom. The molecule has 0 saturated carbocycles. The number of phenolic OH excluding ortho intramolecular Hbond substituents is 1. The van der Waals surface area contributed by atoms with Crippen LogP contribution in [-0.2, 0) is 0 Å². The molecule has 1 rings (SSSR count). The van der Waals surface area contributed by atoms with Crippen LogP contribution in [0.3, 0.4) is 0 Å². The third kappa shape index (κ3) is 1.54. The van der Waals surface area contributed by atoms with Crippen molar-refractivity contribution in [2.75, 3.05) is 0 Å². The van der Waals surface area contributed by atoms with Crippen LogP contribution in [0.1, 0.15) is 0 Å². The zero-order valence-corrected chi connectivity index (χ0v) is 8.21. The Kier molecular flexibility index (Phi) is 2.49. The van der Waals surface area contributed by atoms with Crippen LogP contribution in [0.5, 0.6) is 5.75 Å². The van der Waals surface area contributed by atoms with Gasteiger partial charge in [-0.05, 0) is 37.9 Å². The van der Waals surface area contributed by atoms with Crippen LogP contribution in [0.2, 0.25) is 0 Å². The van der Waals surface area contributed by atoms with Gasteiger partial charge in [0.2, 0.25) is 0 Å². The van der Waals surface area contributed by atoms with E-state index >= 15 is 0 Å². The summed E-state index contributed by atoms with van der Waals surface area (Å²) < 4.78 is 25.0. The first-order valence-electron chi connectivity index (χ1n) is 2.56. The molecular formula is C6H2Br2F2O. The molecule has 0 heterocycles. The highest BCUT2D eigenvalue weighted by molar-refractivity contribution is 9.11. The molecule has 60 valence electrons. The van der Waals surface area contributed by atoms with Crippen molar-refractivity contribution in [1.29, 1.82) is 0 Å². The molecular weight excluding hydrogens is 286 g/mol. The third-order valence-corrected chi connectivity index (χ3v) is 2.39. The maximum absolute atomic E-state index is 12.8. The van der Waals surface area contributed by atoms with Crippen molar-refractivity contribution in [3.63, 3.8) is 0 Å². The van der Waals surface area contributed by atoms with Crippen LogP contribution >= 0.6 is 31.9 Å². The number of rotatable bonds is 0. The minimum atomic E-state index is -0.870. The van der Waals surface area contributed by atoms with E-state index in [4.69, 9.17) is 5.11 Å². The molecule has 0 radical (unpaired) electrons. The highest BCUT2D eigenvalue weighted by atomic mass is 79.9. The highest BCUT2D eigenvalue weighted by Crippen LogP contribution is 2.33. The first-order chi connectivity index (χ1) is 5.04. The summed E-state index contributed by atoms with van der Waals surface area (Å²) in [7, 11) is 0. The quantitative estimate of drug-likeness (QED) is 0.574. The van der Waals surface area contributed by atoms with Gasteiger partial charge in [0.1, 0.15) is 0 Å². The molecule has 0 aliphatic carbocycles. The average Bonchev–Trinajstić information content (AvgIpc) is 1.97. The molecule has 0 atom stereocenters. The molecule has 0 unspecified atom stereocenters. The maximum Gasteiger partial charge on any atom is 0.168 e. The lowest BCUT2D eigenvalue weighted by molar-refractivity contribution is 0.421. The smallest absolute Gasteiger partial charge is 0.168 e. The van der Waals surface area contributed by atoms with Gasteiger partial charge < -0.3 is 5.11 Å². The lowest BCUT2D eigenvalue weighted by atomic mass is 10.3. The third-order valence-electron chi connectivity index (χ3n) is 1.09. The van der Waals surface area contributed by atoms with Crippen LogP contribution < -0.4 is 0 Å². The Bertz CT molecular complexity index is 275. The fraction of sp³-hybridized carbons (Fsp3) is 0. The monoisotopic (exact) mass is 286 g/mol. The molecule has 0 saturated heterocycles. The molecule has 0 aromatic heterocycles. The van der Waals surface area contributed by atoms with Crippen LogP contribution in [-0.4, -0.2) is 5.11 Å². The van der Waals surface area contributed by atoms with Gasteiger partial charge in [-0.25, -0.2) is 8.78 Å². The summed E-state index contributed by atoms with van der Waals surface area (Å²) in [6, 6.07) is 0.857. The number of hydrogen-bond acceptors (Lipinski definition) is 1. The van der Waals surface area contributed by atoms with Gasteiger partial charge in [0, 0.05) is 0 Å².